The summed E-state index contributed by atoms with van der Waals surface area (Å²) in [6.45, 7) is 2.17. The van der Waals surface area contributed by atoms with Crippen molar-refractivity contribution in [3.63, 3.8) is 0 Å². The van der Waals surface area contributed by atoms with Crippen molar-refractivity contribution in [2.75, 3.05) is 20.0 Å². The number of hydrogen-bond donors (Lipinski definition) is 0. The summed E-state index contributed by atoms with van der Waals surface area (Å²) in [5.41, 5.74) is 2.70. The van der Waals surface area contributed by atoms with E-state index in [1.54, 1.807) is 39.0 Å². The van der Waals surface area contributed by atoms with Crippen LogP contribution in [0.3, 0.4) is 0 Å². The second-order valence-corrected chi connectivity index (χ2v) is 8.16. The lowest BCUT2D eigenvalue weighted by molar-refractivity contribution is -0.129. The van der Waals surface area contributed by atoms with Crippen LogP contribution in [-0.2, 0) is 17.1 Å². The number of nitrogens with zero attached hydrogens (tertiary/aromatic N) is 1. The van der Waals surface area contributed by atoms with Gasteiger partial charge in [0.05, 0.1) is 20.0 Å². The SMILES string of the molecule is COc1ccc(CN(C(=O)CSCc2cc(C(C)=O)ccc2OC)C2CC2)cc1. The van der Waals surface area contributed by atoms with Gasteiger partial charge in [0.15, 0.2) is 5.78 Å². The number of benzene rings is 2. The minimum atomic E-state index is 0.0226. The minimum Gasteiger partial charge on any atom is -0.497 e. The first-order valence-corrected chi connectivity index (χ1v) is 10.8. The van der Waals surface area contributed by atoms with Crippen LogP contribution in [0.5, 0.6) is 11.5 Å². The smallest absolute Gasteiger partial charge is 0.233 e. The van der Waals surface area contributed by atoms with Gasteiger partial charge in [-0.25, -0.2) is 0 Å². The Morgan fingerprint density at radius 2 is 1.79 bits per heavy atom. The molecular weight excluding hydrogens is 386 g/mol. The van der Waals surface area contributed by atoms with E-state index >= 15 is 0 Å². The fourth-order valence-electron chi connectivity index (χ4n) is 3.18. The van der Waals surface area contributed by atoms with Crippen LogP contribution in [0.25, 0.3) is 0 Å². The summed E-state index contributed by atoms with van der Waals surface area (Å²) in [6, 6.07) is 13.6. The monoisotopic (exact) mass is 413 g/mol. The Hall–Kier alpha value is -2.47. The number of carbonyl (C=O) groups is 2. The van der Waals surface area contributed by atoms with Gasteiger partial charge in [0.25, 0.3) is 0 Å². The third kappa shape index (κ3) is 5.76. The Balaban J connectivity index is 1.59. The van der Waals surface area contributed by atoms with Crippen molar-refractivity contribution in [1.82, 2.24) is 4.90 Å². The Morgan fingerprint density at radius 3 is 2.38 bits per heavy atom. The molecule has 0 radical (unpaired) electrons. The summed E-state index contributed by atoms with van der Waals surface area (Å²) in [4.78, 5) is 26.5. The third-order valence-corrected chi connectivity index (χ3v) is 5.96. The quantitative estimate of drug-likeness (QED) is 0.543. The average Bonchev–Trinajstić information content (AvgIpc) is 3.57. The predicted molar refractivity (Wildman–Crippen MR) is 116 cm³/mol. The summed E-state index contributed by atoms with van der Waals surface area (Å²) >= 11 is 1.55. The maximum Gasteiger partial charge on any atom is 0.233 e. The molecule has 1 saturated carbocycles. The molecule has 1 fully saturated rings. The van der Waals surface area contributed by atoms with Gasteiger partial charge in [-0.2, -0.15) is 0 Å². The molecule has 0 aromatic heterocycles. The van der Waals surface area contributed by atoms with Crippen LogP contribution in [-0.4, -0.2) is 42.6 Å². The van der Waals surface area contributed by atoms with E-state index in [1.807, 2.05) is 41.3 Å². The molecule has 3 rings (SSSR count). The van der Waals surface area contributed by atoms with Crippen molar-refractivity contribution in [2.24, 2.45) is 0 Å². The number of carbonyl (C=O) groups excluding carboxylic acids is 2. The fraction of sp³-hybridized carbons (Fsp3) is 0.391. The zero-order valence-electron chi connectivity index (χ0n) is 17.1. The summed E-state index contributed by atoms with van der Waals surface area (Å²) in [7, 11) is 3.26. The predicted octanol–water partition coefficient (Wildman–Crippen LogP) is 4.33. The highest BCUT2D eigenvalue weighted by atomic mass is 32.2. The molecule has 0 unspecified atom stereocenters. The van der Waals surface area contributed by atoms with Crippen molar-refractivity contribution in [2.45, 2.75) is 38.1 Å². The molecular formula is C23H27NO4S. The second-order valence-electron chi connectivity index (χ2n) is 7.18. The van der Waals surface area contributed by atoms with Crippen molar-refractivity contribution in [3.05, 3.63) is 59.2 Å². The van der Waals surface area contributed by atoms with Crippen LogP contribution in [0.4, 0.5) is 0 Å². The van der Waals surface area contributed by atoms with E-state index in [4.69, 9.17) is 9.47 Å². The first-order valence-electron chi connectivity index (χ1n) is 9.69. The van der Waals surface area contributed by atoms with Crippen LogP contribution in [0.1, 0.15) is 41.3 Å². The first-order chi connectivity index (χ1) is 14.0. The lowest BCUT2D eigenvalue weighted by Gasteiger charge is -2.22. The molecule has 2 aromatic rings. The number of amides is 1. The number of Topliss-reactive ketones (excluding diaryl/α,β-unsaturated/α-hetero) is 1. The number of ether oxygens (including phenoxy) is 2. The average molecular weight is 414 g/mol. The van der Waals surface area contributed by atoms with Crippen molar-refractivity contribution in [3.8, 4) is 11.5 Å². The van der Waals surface area contributed by atoms with E-state index in [-0.39, 0.29) is 11.7 Å². The summed E-state index contributed by atoms with van der Waals surface area (Å²) < 4.78 is 10.6. The van der Waals surface area contributed by atoms with Crippen LogP contribution in [0.15, 0.2) is 42.5 Å². The number of ketones is 1. The molecule has 154 valence electrons. The molecule has 0 heterocycles. The molecule has 6 heteroatoms. The van der Waals surface area contributed by atoms with Gasteiger partial charge in [0.1, 0.15) is 11.5 Å². The van der Waals surface area contributed by atoms with Gasteiger partial charge in [-0.3, -0.25) is 9.59 Å². The van der Waals surface area contributed by atoms with E-state index in [9.17, 15) is 9.59 Å². The molecule has 1 amide bonds. The molecule has 1 aliphatic carbocycles. The van der Waals surface area contributed by atoms with E-state index in [0.717, 1.165) is 35.5 Å². The van der Waals surface area contributed by atoms with Gasteiger partial charge in [-0.05, 0) is 55.7 Å². The largest absolute Gasteiger partial charge is 0.497 e. The number of hydrogen-bond acceptors (Lipinski definition) is 5. The normalized spacial score (nSPS) is 13.1. The molecule has 0 saturated heterocycles. The molecule has 0 atom stereocenters. The molecule has 1 aliphatic rings. The standard InChI is InChI=1S/C23H27NO4S/c1-16(25)18-6-11-22(28-3)19(12-18)14-29-15-23(26)24(20-7-8-20)13-17-4-9-21(27-2)10-5-17/h4-6,9-12,20H,7-8,13-15H2,1-3H3. The topological polar surface area (TPSA) is 55.8 Å². The molecule has 29 heavy (non-hydrogen) atoms. The lowest BCUT2D eigenvalue weighted by Crippen LogP contribution is -2.34. The van der Waals surface area contributed by atoms with E-state index in [1.165, 1.54) is 0 Å². The molecule has 0 bridgehead atoms. The van der Waals surface area contributed by atoms with Crippen LogP contribution < -0.4 is 9.47 Å². The Kier molecular flexibility index (Phi) is 7.20. The molecule has 2 aromatic carbocycles. The number of rotatable bonds is 10. The maximum absolute atomic E-state index is 12.9. The first kappa shape index (κ1) is 21.2. The van der Waals surface area contributed by atoms with Gasteiger partial charge >= 0.3 is 0 Å². The van der Waals surface area contributed by atoms with Crippen LogP contribution in [0, 0.1) is 0 Å². The Morgan fingerprint density at radius 1 is 1.07 bits per heavy atom. The van der Waals surface area contributed by atoms with E-state index < -0.39 is 0 Å². The lowest BCUT2D eigenvalue weighted by atomic mass is 10.1. The van der Waals surface area contributed by atoms with Gasteiger partial charge in [0, 0.05) is 29.5 Å². The van der Waals surface area contributed by atoms with Gasteiger partial charge in [-0.15, -0.1) is 11.8 Å². The molecule has 0 aliphatic heterocycles. The van der Waals surface area contributed by atoms with Gasteiger partial charge in [-0.1, -0.05) is 12.1 Å². The highest BCUT2D eigenvalue weighted by Gasteiger charge is 2.32. The zero-order valence-corrected chi connectivity index (χ0v) is 18.0. The van der Waals surface area contributed by atoms with Gasteiger partial charge in [0.2, 0.25) is 5.91 Å². The highest BCUT2D eigenvalue weighted by Crippen LogP contribution is 2.30. The van der Waals surface area contributed by atoms with E-state index in [0.29, 0.717) is 29.7 Å². The van der Waals surface area contributed by atoms with Crippen molar-refractivity contribution in [1.29, 1.82) is 0 Å². The molecule has 0 N–H and O–H groups in total. The third-order valence-electron chi connectivity index (χ3n) is 4.99. The summed E-state index contributed by atoms with van der Waals surface area (Å²) in [5.74, 6) is 2.75. The Labute approximate surface area is 176 Å². The highest BCUT2D eigenvalue weighted by molar-refractivity contribution is 7.99. The fourth-order valence-corrected chi connectivity index (χ4v) is 4.06. The van der Waals surface area contributed by atoms with E-state index in [2.05, 4.69) is 0 Å². The van der Waals surface area contributed by atoms with Gasteiger partial charge < -0.3 is 14.4 Å². The second kappa shape index (κ2) is 9.83. The number of methoxy groups -OCH3 is 2. The minimum absolute atomic E-state index is 0.0226. The van der Waals surface area contributed by atoms with Crippen molar-refractivity contribution >= 4 is 23.5 Å². The molecule has 5 nitrogen and oxygen atoms in total. The maximum atomic E-state index is 12.9. The van der Waals surface area contributed by atoms with Crippen LogP contribution >= 0.6 is 11.8 Å². The summed E-state index contributed by atoms with van der Waals surface area (Å²) in [6.07, 6.45) is 2.14. The van der Waals surface area contributed by atoms with Crippen LogP contribution in [0.2, 0.25) is 0 Å². The zero-order chi connectivity index (χ0) is 20.8. The number of thioether (sulfide) groups is 1. The Bertz CT molecular complexity index is 862. The van der Waals surface area contributed by atoms with Crippen molar-refractivity contribution < 1.29 is 19.1 Å². The summed E-state index contributed by atoms with van der Waals surface area (Å²) in [5, 5.41) is 0. The molecule has 0 spiro atoms.